The molecule has 3 aromatic heterocycles. The molecule has 0 radical (unpaired) electrons. The summed E-state index contributed by atoms with van der Waals surface area (Å²) in [6.07, 6.45) is 3.60. The summed E-state index contributed by atoms with van der Waals surface area (Å²) in [5, 5.41) is 9.63. The molecule has 164 valence electrons. The molecule has 6 nitrogen and oxygen atoms in total. The van der Waals surface area contributed by atoms with Crippen LogP contribution in [0.5, 0.6) is 0 Å². The van der Waals surface area contributed by atoms with Crippen LogP contribution in [0, 0.1) is 6.92 Å². The molecule has 7 heteroatoms. The Balaban J connectivity index is 1.61. The maximum Gasteiger partial charge on any atom is 0.258 e. The fraction of sp³-hybridized carbons (Fsp3) is 0.280. The molecule has 4 rings (SSSR count). The summed E-state index contributed by atoms with van der Waals surface area (Å²) < 4.78 is 3.60. The molecule has 0 saturated carbocycles. The van der Waals surface area contributed by atoms with Gasteiger partial charge in [0, 0.05) is 30.1 Å². The highest BCUT2D eigenvalue weighted by molar-refractivity contribution is 7.98. The van der Waals surface area contributed by atoms with Crippen LogP contribution in [0.1, 0.15) is 37.6 Å². The van der Waals surface area contributed by atoms with Gasteiger partial charge in [0.25, 0.3) is 5.56 Å². The van der Waals surface area contributed by atoms with Gasteiger partial charge in [-0.05, 0) is 35.6 Å². The summed E-state index contributed by atoms with van der Waals surface area (Å²) in [5.41, 5.74) is 4.73. The van der Waals surface area contributed by atoms with E-state index in [2.05, 4.69) is 66.8 Å². The lowest BCUT2D eigenvalue weighted by Crippen LogP contribution is -2.15. The third-order valence-corrected chi connectivity index (χ3v) is 6.26. The van der Waals surface area contributed by atoms with Crippen LogP contribution in [0.2, 0.25) is 0 Å². The topological polar surface area (TPSA) is 65.1 Å². The summed E-state index contributed by atoms with van der Waals surface area (Å²) in [5.74, 6) is 1.33. The zero-order valence-electron chi connectivity index (χ0n) is 18.9. The minimum Gasteiger partial charge on any atom is -0.298 e. The minimum absolute atomic E-state index is 0.0854. The van der Waals surface area contributed by atoms with Crippen molar-refractivity contribution in [2.75, 3.05) is 0 Å². The number of rotatable bonds is 6. The molecule has 0 atom stereocenters. The predicted molar refractivity (Wildman–Crippen MR) is 130 cm³/mol. The maximum atomic E-state index is 12.4. The van der Waals surface area contributed by atoms with E-state index >= 15 is 0 Å². The molecule has 1 aromatic carbocycles. The molecule has 0 amide bonds. The van der Waals surface area contributed by atoms with E-state index < -0.39 is 0 Å². The lowest BCUT2D eigenvalue weighted by Gasteiger charge is -2.19. The van der Waals surface area contributed by atoms with E-state index in [1.54, 1.807) is 16.7 Å². The molecular formula is C25H27N5OS. The average Bonchev–Trinajstić information content (AvgIpc) is 3.14. The second-order valence-corrected chi connectivity index (χ2v) is 9.78. The molecule has 0 saturated heterocycles. The first kappa shape index (κ1) is 22.0. The smallest absolute Gasteiger partial charge is 0.258 e. The van der Waals surface area contributed by atoms with E-state index in [1.807, 2.05) is 29.7 Å². The van der Waals surface area contributed by atoms with Crippen molar-refractivity contribution < 1.29 is 0 Å². The second-order valence-electron chi connectivity index (χ2n) is 8.84. The maximum absolute atomic E-state index is 12.4. The molecule has 0 bridgehead atoms. The normalized spacial score (nSPS) is 11.8. The molecule has 3 heterocycles. The van der Waals surface area contributed by atoms with Crippen molar-refractivity contribution in [3.8, 4) is 11.4 Å². The number of pyridine rings is 1. The Morgan fingerprint density at radius 3 is 2.53 bits per heavy atom. The number of fused-ring (bicyclic) bond motifs is 1. The van der Waals surface area contributed by atoms with Crippen molar-refractivity contribution in [2.45, 2.75) is 50.6 Å². The van der Waals surface area contributed by atoms with Crippen LogP contribution in [0.15, 0.2) is 71.3 Å². The highest BCUT2D eigenvalue weighted by atomic mass is 32.2. The summed E-state index contributed by atoms with van der Waals surface area (Å²) >= 11 is 1.52. The highest BCUT2D eigenvalue weighted by Crippen LogP contribution is 2.28. The molecule has 0 aliphatic rings. The number of thioether (sulfide) groups is 1. The standard InChI is InChI=1S/C25H27N5OS/c1-6-12-30-23(18-7-9-19(10-8-18)25(3,4)5)27-28-24(30)32-16-20-15-22(31)29-13-11-17(2)14-21(29)26-20/h6-11,13-15H,1,12,16H2,2-5H3. The minimum atomic E-state index is -0.0854. The molecule has 0 aliphatic heterocycles. The highest BCUT2D eigenvalue weighted by Gasteiger charge is 2.17. The van der Waals surface area contributed by atoms with Crippen molar-refractivity contribution >= 4 is 17.4 Å². The second kappa shape index (κ2) is 8.74. The Bertz CT molecular complexity index is 1330. The summed E-state index contributed by atoms with van der Waals surface area (Å²) in [6.45, 7) is 13.1. The van der Waals surface area contributed by atoms with Gasteiger partial charge in [0.2, 0.25) is 0 Å². The Morgan fingerprint density at radius 2 is 1.84 bits per heavy atom. The first-order chi connectivity index (χ1) is 15.3. The Morgan fingerprint density at radius 1 is 1.09 bits per heavy atom. The van der Waals surface area contributed by atoms with E-state index in [1.165, 1.54) is 17.3 Å². The Labute approximate surface area is 192 Å². The monoisotopic (exact) mass is 445 g/mol. The predicted octanol–water partition coefficient (Wildman–Crippen LogP) is 5.04. The Hall–Kier alpha value is -3.19. The molecule has 0 spiro atoms. The molecular weight excluding hydrogens is 418 g/mol. The average molecular weight is 446 g/mol. The quantitative estimate of drug-likeness (QED) is 0.307. The van der Waals surface area contributed by atoms with E-state index in [0.29, 0.717) is 17.9 Å². The molecule has 32 heavy (non-hydrogen) atoms. The SMILES string of the molecule is C=CCn1c(SCc2cc(=O)n3ccc(C)cc3n2)nnc1-c1ccc(C(C)(C)C)cc1. The van der Waals surface area contributed by atoms with Gasteiger partial charge >= 0.3 is 0 Å². The summed E-state index contributed by atoms with van der Waals surface area (Å²) in [6, 6.07) is 13.9. The number of benzene rings is 1. The largest absolute Gasteiger partial charge is 0.298 e. The van der Waals surface area contributed by atoms with Crippen LogP contribution in [0.25, 0.3) is 17.0 Å². The Kier molecular flexibility index (Phi) is 6.02. The number of allylic oxidation sites excluding steroid dienone is 1. The molecule has 0 unspecified atom stereocenters. The van der Waals surface area contributed by atoms with E-state index in [-0.39, 0.29) is 11.0 Å². The van der Waals surface area contributed by atoms with Crippen LogP contribution in [0.3, 0.4) is 0 Å². The third-order valence-electron chi connectivity index (χ3n) is 5.26. The zero-order chi connectivity index (χ0) is 22.9. The number of nitrogens with zero attached hydrogens (tertiary/aromatic N) is 5. The van der Waals surface area contributed by atoms with Gasteiger partial charge in [0.05, 0.1) is 5.69 Å². The van der Waals surface area contributed by atoms with Crippen molar-refractivity contribution in [3.05, 3.63) is 88.5 Å². The molecule has 0 N–H and O–H groups in total. The lowest BCUT2D eigenvalue weighted by molar-refractivity contribution is 0.590. The number of hydrogen-bond acceptors (Lipinski definition) is 5. The van der Waals surface area contributed by atoms with Gasteiger partial charge in [-0.2, -0.15) is 0 Å². The van der Waals surface area contributed by atoms with Crippen molar-refractivity contribution in [3.63, 3.8) is 0 Å². The first-order valence-corrected chi connectivity index (χ1v) is 11.5. The van der Waals surface area contributed by atoms with Crippen LogP contribution >= 0.6 is 11.8 Å². The van der Waals surface area contributed by atoms with E-state index in [4.69, 9.17) is 0 Å². The van der Waals surface area contributed by atoms with Gasteiger partial charge in [0.1, 0.15) is 5.65 Å². The van der Waals surface area contributed by atoms with Crippen LogP contribution in [0.4, 0.5) is 0 Å². The van der Waals surface area contributed by atoms with Crippen LogP contribution in [-0.2, 0) is 17.7 Å². The number of aryl methyl sites for hydroxylation is 1. The molecule has 0 aliphatic carbocycles. The van der Waals surface area contributed by atoms with Gasteiger partial charge in [-0.3, -0.25) is 13.8 Å². The summed E-state index contributed by atoms with van der Waals surface area (Å²) in [7, 11) is 0. The number of aromatic nitrogens is 5. The fourth-order valence-electron chi connectivity index (χ4n) is 3.49. The van der Waals surface area contributed by atoms with Gasteiger partial charge < -0.3 is 0 Å². The van der Waals surface area contributed by atoms with Gasteiger partial charge in [-0.1, -0.05) is 62.9 Å². The van der Waals surface area contributed by atoms with Crippen LogP contribution in [-0.4, -0.2) is 24.1 Å². The third kappa shape index (κ3) is 4.53. The lowest BCUT2D eigenvalue weighted by atomic mass is 9.87. The van der Waals surface area contributed by atoms with Gasteiger partial charge in [-0.25, -0.2) is 4.98 Å². The van der Waals surface area contributed by atoms with E-state index in [9.17, 15) is 4.79 Å². The fourth-order valence-corrected chi connectivity index (χ4v) is 4.33. The van der Waals surface area contributed by atoms with Crippen molar-refractivity contribution in [2.24, 2.45) is 0 Å². The first-order valence-electron chi connectivity index (χ1n) is 10.5. The molecule has 4 aromatic rings. The molecule has 0 fully saturated rings. The summed E-state index contributed by atoms with van der Waals surface area (Å²) in [4.78, 5) is 17.1. The van der Waals surface area contributed by atoms with Crippen molar-refractivity contribution in [1.29, 1.82) is 0 Å². The van der Waals surface area contributed by atoms with E-state index in [0.717, 1.165) is 27.8 Å². The van der Waals surface area contributed by atoms with Crippen molar-refractivity contribution in [1.82, 2.24) is 24.1 Å². The van der Waals surface area contributed by atoms with Crippen LogP contribution < -0.4 is 5.56 Å². The zero-order valence-corrected chi connectivity index (χ0v) is 19.7. The van der Waals surface area contributed by atoms with Gasteiger partial charge in [0.15, 0.2) is 11.0 Å². The number of hydrogen-bond donors (Lipinski definition) is 0. The van der Waals surface area contributed by atoms with Gasteiger partial charge in [-0.15, -0.1) is 16.8 Å².